The highest BCUT2D eigenvalue weighted by Gasteiger charge is 2.05. The fourth-order valence-corrected chi connectivity index (χ4v) is 2.39. The molecule has 1 heterocycles. The molecule has 0 bridgehead atoms. The molecule has 15 heavy (non-hydrogen) atoms. The summed E-state index contributed by atoms with van der Waals surface area (Å²) in [5, 5.41) is 20.9. The van der Waals surface area contributed by atoms with Crippen molar-refractivity contribution in [1.82, 2.24) is 5.32 Å². The molecule has 1 atom stereocenters. The Labute approximate surface area is 98.7 Å². The maximum absolute atomic E-state index is 8.97. The van der Waals surface area contributed by atoms with Gasteiger partial charge in [-0.25, -0.2) is 0 Å². The first-order valence-electron chi connectivity index (χ1n) is 4.95. The van der Waals surface area contributed by atoms with Gasteiger partial charge in [0.15, 0.2) is 0 Å². The Hall–Kier alpha value is -0.130. The van der Waals surface area contributed by atoms with Gasteiger partial charge in [-0.15, -0.1) is 11.3 Å². The zero-order valence-corrected chi connectivity index (χ0v) is 10.0. The van der Waals surface area contributed by atoms with Crippen LogP contribution in [0.2, 0.25) is 4.34 Å². The molecule has 1 aromatic rings. The van der Waals surface area contributed by atoms with Crippen molar-refractivity contribution >= 4 is 22.9 Å². The Bertz CT molecular complexity index is 280. The molecule has 0 aliphatic rings. The van der Waals surface area contributed by atoms with Crippen molar-refractivity contribution in [2.24, 2.45) is 0 Å². The number of thiophene rings is 1. The lowest BCUT2D eigenvalue weighted by molar-refractivity contribution is 0.201. The zero-order chi connectivity index (χ0) is 11.1. The quantitative estimate of drug-likeness (QED) is 0.682. The van der Waals surface area contributed by atoms with Crippen molar-refractivity contribution in [2.75, 3.05) is 19.8 Å². The average molecular weight is 250 g/mol. The molecule has 0 aliphatic heterocycles. The zero-order valence-electron chi connectivity index (χ0n) is 8.45. The van der Waals surface area contributed by atoms with E-state index in [4.69, 9.17) is 21.8 Å². The molecule has 0 spiro atoms. The van der Waals surface area contributed by atoms with Gasteiger partial charge in [0.1, 0.15) is 0 Å². The van der Waals surface area contributed by atoms with Crippen LogP contribution in [0.15, 0.2) is 12.1 Å². The first kappa shape index (κ1) is 12.9. The second kappa shape index (κ2) is 7.19. The Morgan fingerprint density at radius 3 is 2.73 bits per heavy atom. The molecule has 0 aliphatic carbocycles. The van der Waals surface area contributed by atoms with Gasteiger partial charge in [0, 0.05) is 24.1 Å². The van der Waals surface area contributed by atoms with Crippen molar-refractivity contribution in [1.29, 1.82) is 0 Å². The van der Waals surface area contributed by atoms with Gasteiger partial charge in [0.05, 0.1) is 10.9 Å². The third-order valence-corrected chi connectivity index (χ3v) is 3.42. The van der Waals surface area contributed by atoms with Crippen molar-refractivity contribution in [3.8, 4) is 0 Å². The average Bonchev–Trinajstić information content (AvgIpc) is 2.63. The molecular weight excluding hydrogens is 234 g/mol. The molecule has 1 unspecified atom stereocenters. The molecule has 0 saturated carbocycles. The molecule has 0 saturated heterocycles. The third-order valence-electron chi connectivity index (χ3n) is 2.13. The summed E-state index contributed by atoms with van der Waals surface area (Å²) in [5.74, 6) is 0. The van der Waals surface area contributed by atoms with Gasteiger partial charge in [-0.1, -0.05) is 11.6 Å². The summed E-state index contributed by atoms with van der Waals surface area (Å²) in [6, 6.07) is 3.89. The largest absolute Gasteiger partial charge is 0.396 e. The first-order valence-corrected chi connectivity index (χ1v) is 6.15. The van der Waals surface area contributed by atoms with Crippen LogP contribution < -0.4 is 5.32 Å². The summed E-state index contributed by atoms with van der Waals surface area (Å²) in [5.41, 5.74) is 0. The minimum absolute atomic E-state index is 0.00886. The van der Waals surface area contributed by atoms with E-state index in [0.29, 0.717) is 6.42 Å². The number of nitrogens with one attached hydrogen (secondary N) is 1. The van der Waals surface area contributed by atoms with E-state index in [1.165, 1.54) is 4.88 Å². The predicted octanol–water partition coefficient (Wildman–Crippen LogP) is 1.28. The number of aliphatic hydroxyl groups is 2. The van der Waals surface area contributed by atoms with E-state index < -0.39 is 0 Å². The summed E-state index contributed by atoms with van der Waals surface area (Å²) in [6.45, 7) is 0.955. The number of rotatable bonds is 7. The highest BCUT2D eigenvalue weighted by Crippen LogP contribution is 2.21. The van der Waals surface area contributed by atoms with Crippen molar-refractivity contribution in [3.05, 3.63) is 21.3 Å². The van der Waals surface area contributed by atoms with Gasteiger partial charge in [0.2, 0.25) is 0 Å². The molecule has 1 rings (SSSR count). The number of hydrogen-bond acceptors (Lipinski definition) is 4. The highest BCUT2D eigenvalue weighted by molar-refractivity contribution is 7.16. The molecule has 1 aromatic heterocycles. The SMILES string of the molecule is OCCC(CO)NCCc1ccc(Cl)s1. The maximum Gasteiger partial charge on any atom is 0.0931 e. The summed E-state index contributed by atoms with van der Waals surface area (Å²) < 4.78 is 0.805. The second-order valence-electron chi connectivity index (χ2n) is 3.30. The normalized spacial score (nSPS) is 13.0. The Balaban J connectivity index is 2.20. The van der Waals surface area contributed by atoms with Crippen LogP contribution in [0.5, 0.6) is 0 Å². The van der Waals surface area contributed by atoms with E-state index in [-0.39, 0.29) is 19.3 Å². The minimum Gasteiger partial charge on any atom is -0.396 e. The van der Waals surface area contributed by atoms with Crippen LogP contribution in [0, 0.1) is 0 Å². The van der Waals surface area contributed by atoms with Crippen LogP contribution in [0.25, 0.3) is 0 Å². The molecule has 0 aromatic carbocycles. The van der Waals surface area contributed by atoms with Gasteiger partial charge >= 0.3 is 0 Å². The van der Waals surface area contributed by atoms with Gasteiger partial charge < -0.3 is 15.5 Å². The lowest BCUT2D eigenvalue weighted by Crippen LogP contribution is -2.34. The van der Waals surface area contributed by atoms with E-state index in [1.807, 2.05) is 12.1 Å². The topological polar surface area (TPSA) is 52.5 Å². The first-order chi connectivity index (χ1) is 7.26. The van der Waals surface area contributed by atoms with Crippen LogP contribution in [-0.4, -0.2) is 36.0 Å². The molecule has 86 valence electrons. The maximum atomic E-state index is 8.97. The van der Waals surface area contributed by atoms with E-state index in [1.54, 1.807) is 11.3 Å². The third kappa shape index (κ3) is 4.95. The Morgan fingerprint density at radius 2 is 2.20 bits per heavy atom. The molecule has 5 heteroatoms. The molecular formula is C10H16ClNO2S. The van der Waals surface area contributed by atoms with Crippen LogP contribution in [-0.2, 0) is 6.42 Å². The summed E-state index contributed by atoms with van der Waals surface area (Å²) in [6.07, 6.45) is 1.49. The summed E-state index contributed by atoms with van der Waals surface area (Å²) in [4.78, 5) is 1.23. The number of halogens is 1. The Morgan fingerprint density at radius 1 is 1.40 bits per heavy atom. The second-order valence-corrected chi connectivity index (χ2v) is 5.10. The van der Waals surface area contributed by atoms with Crippen LogP contribution in [0.4, 0.5) is 0 Å². The Kier molecular flexibility index (Phi) is 6.20. The number of aliphatic hydroxyl groups excluding tert-OH is 2. The smallest absolute Gasteiger partial charge is 0.0931 e. The molecule has 3 nitrogen and oxygen atoms in total. The van der Waals surface area contributed by atoms with Gasteiger partial charge in [0.25, 0.3) is 0 Å². The minimum atomic E-state index is -0.00886. The van der Waals surface area contributed by atoms with E-state index >= 15 is 0 Å². The predicted molar refractivity (Wildman–Crippen MR) is 63.6 cm³/mol. The van der Waals surface area contributed by atoms with Gasteiger partial charge in [-0.3, -0.25) is 0 Å². The van der Waals surface area contributed by atoms with Crippen molar-refractivity contribution in [2.45, 2.75) is 18.9 Å². The molecule has 0 radical (unpaired) electrons. The van der Waals surface area contributed by atoms with E-state index in [0.717, 1.165) is 17.3 Å². The lowest BCUT2D eigenvalue weighted by atomic mass is 10.2. The summed E-state index contributed by atoms with van der Waals surface area (Å²) in [7, 11) is 0. The molecule has 0 fully saturated rings. The van der Waals surface area contributed by atoms with Crippen LogP contribution in [0.1, 0.15) is 11.3 Å². The van der Waals surface area contributed by atoms with E-state index in [2.05, 4.69) is 5.32 Å². The standard InChI is InChI=1S/C10H16ClNO2S/c11-10-2-1-9(15-10)3-5-12-8(7-14)4-6-13/h1-2,8,12-14H,3-7H2. The van der Waals surface area contributed by atoms with Crippen LogP contribution in [0.3, 0.4) is 0 Å². The monoisotopic (exact) mass is 249 g/mol. The lowest BCUT2D eigenvalue weighted by Gasteiger charge is -2.14. The van der Waals surface area contributed by atoms with Gasteiger partial charge in [-0.2, -0.15) is 0 Å². The fraction of sp³-hybridized carbons (Fsp3) is 0.600. The van der Waals surface area contributed by atoms with Crippen LogP contribution >= 0.6 is 22.9 Å². The van der Waals surface area contributed by atoms with Crippen molar-refractivity contribution < 1.29 is 10.2 Å². The van der Waals surface area contributed by atoms with Gasteiger partial charge in [-0.05, 0) is 25.0 Å². The highest BCUT2D eigenvalue weighted by atomic mass is 35.5. The number of hydrogen-bond donors (Lipinski definition) is 3. The fourth-order valence-electron chi connectivity index (χ4n) is 1.30. The molecule has 0 amide bonds. The van der Waals surface area contributed by atoms with Crippen molar-refractivity contribution in [3.63, 3.8) is 0 Å². The molecule has 3 N–H and O–H groups in total. The summed E-state index contributed by atoms with van der Waals surface area (Å²) >= 11 is 7.38. The van der Waals surface area contributed by atoms with E-state index in [9.17, 15) is 0 Å².